The normalized spacial score (nSPS) is 37.2. The monoisotopic (exact) mass is 372 g/mol. The first-order chi connectivity index (χ1) is 12.5. The molecule has 2 heterocycles. The van der Waals surface area contributed by atoms with Crippen LogP contribution in [0.3, 0.4) is 0 Å². The van der Waals surface area contributed by atoms with Crippen molar-refractivity contribution < 1.29 is 9.90 Å². The number of nitrogens with one attached hydrogen (secondary N) is 1. The predicted octanol–water partition coefficient (Wildman–Crippen LogP) is 2.91. The molecule has 1 aliphatic carbocycles. The Labute approximate surface area is 160 Å². The topological polar surface area (TPSA) is 52.6 Å². The molecule has 0 bridgehead atoms. The Morgan fingerprint density at radius 2 is 1.96 bits per heavy atom. The number of nitrogens with zero attached hydrogens (tertiary/aromatic N) is 1. The van der Waals surface area contributed by atoms with Gasteiger partial charge in [0.25, 0.3) is 0 Å². The third kappa shape index (κ3) is 3.00. The summed E-state index contributed by atoms with van der Waals surface area (Å²) in [5.41, 5.74) is 2.48. The molecule has 3 aliphatic rings. The van der Waals surface area contributed by atoms with Crippen molar-refractivity contribution in [1.82, 2.24) is 10.2 Å². The van der Waals surface area contributed by atoms with E-state index in [0.29, 0.717) is 6.04 Å². The second-order valence-electron chi connectivity index (χ2n) is 8.13. The molecule has 1 saturated carbocycles. The van der Waals surface area contributed by atoms with Crippen LogP contribution in [0.1, 0.15) is 42.9 Å². The van der Waals surface area contributed by atoms with E-state index >= 15 is 0 Å². The molecule has 1 aromatic carbocycles. The number of allylic oxidation sites excluding steroid dienone is 1. The second-order valence-corrected chi connectivity index (χ2v) is 9.18. The number of benzene rings is 1. The number of rotatable bonds is 3. The molecule has 5 heteroatoms. The zero-order chi connectivity index (χ0) is 18.4. The number of carbonyl (C=O) groups excluding carboxylic acids is 1. The molecule has 0 radical (unpaired) electrons. The van der Waals surface area contributed by atoms with Crippen LogP contribution in [0.4, 0.5) is 0 Å². The van der Waals surface area contributed by atoms with Gasteiger partial charge in [0.1, 0.15) is 0 Å². The highest BCUT2D eigenvalue weighted by molar-refractivity contribution is 8.03. The molecule has 2 aliphatic heterocycles. The van der Waals surface area contributed by atoms with Crippen molar-refractivity contribution in [3.63, 3.8) is 0 Å². The number of hydrogen-bond acceptors (Lipinski definition) is 4. The molecule has 1 amide bonds. The van der Waals surface area contributed by atoms with Crippen LogP contribution in [0, 0.1) is 11.8 Å². The fraction of sp³-hybridized carbons (Fsp3) is 0.571. The fourth-order valence-corrected chi connectivity index (χ4v) is 5.98. The largest absolute Gasteiger partial charge is 0.392 e. The summed E-state index contributed by atoms with van der Waals surface area (Å²) in [6.07, 6.45) is 3.46. The minimum Gasteiger partial charge on any atom is -0.392 e. The fourth-order valence-electron chi connectivity index (χ4n) is 4.89. The van der Waals surface area contributed by atoms with Crippen LogP contribution in [0.15, 0.2) is 35.7 Å². The first-order valence-electron chi connectivity index (χ1n) is 9.54. The summed E-state index contributed by atoms with van der Waals surface area (Å²) in [4.78, 5) is 14.6. The second kappa shape index (κ2) is 7.02. The molecule has 2 N–H and O–H groups in total. The van der Waals surface area contributed by atoms with Crippen molar-refractivity contribution in [2.75, 3.05) is 14.1 Å². The quantitative estimate of drug-likeness (QED) is 0.857. The van der Waals surface area contributed by atoms with Crippen LogP contribution in [-0.2, 0) is 4.79 Å². The highest BCUT2D eigenvalue weighted by atomic mass is 32.2. The number of hydrogen-bond donors (Lipinski definition) is 2. The van der Waals surface area contributed by atoms with Gasteiger partial charge >= 0.3 is 0 Å². The molecular formula is C21H28N2O2S. The SMILES string of the molecule is C[C@@H](c1ccc(C2C(O)CCC3NC(=O)C4SC=CC4C32)cc1)N(C)C. The van der Waals surface area contributed by atoms with E-state index < -0.39 is 0 Å². The molecule has 7 atom stereocenters. The average Bonchev–Trinajstić information content (AvgIpc) is 3.12. The highest BCUT2D eigenvalue weighted by Crippen LogP contribution is 2.50. The van der Waals surface area contributed by atoms with Crippen LogP contribution >= 0.6 is 11.8 Å². The van der Waals surface area contributed by atoms with Crippen molar-refractivity contribution in [1.29, 1.82) is 0 Å². The lowest BCUT2D eigenvalue weighted by Gasteiger charge is -2.48. The number of piperidine rings is 1. The number of fused-ring (bicyclic) bond motifs is 3. The summed E-state index contributed by atoms with van der Waals surface area (Å²) >= 11 is 1.62. The molecule has 4 rings (SSSR count). The van der Waals surface area contributed by atoms with Crippen LogP contribution in [0.5, 0.6) is 0 Å². The van der Waals surface area contributed by atoms with Gasteiger partial charge in [0.15, 0.2) is 0 Å². The van der Waals surface area contributed by atoms with Gasteiger partial charge in [0.05, 0.1) is 11.4 Å². The molecule has 4 nitrogen and oxygen atoms in total. The van der Waals surface area contributed by atoms with E-state index in [0.717, 1.165) is 12.8 Å². The van der Waals surface area contributed by atoms with Crippen LogP contribution in [0.25, 0.3) is 0 Å². The molecule has 1 saturated heterocycles. The molecule has 0 aromatic heterocycles. The summed E-state index contributed by atoms with van der Waals surface area (Å²) in [7, 11) is 4.17. The zero-order valence-electron chi connectivity index (χ0n) is 15.6. The number of aliphatic hydroxyl groups is 1. The lowest BCUT2D eigenvalue weighted by atomic mass is 9.63. The van der Waals surface area contributed by atoms with E-state index in [2.05, 4.69) is 67.0 Å². The summed E-state index contributed by atoms with van der Waals surface area (Å²) in [5, 5.41) is 16.1. The average molecular weight is 373 g/mol. The maximum atomic E-state index is 12.4. The van der Waals surface area contributed by atoms with Crippen molar-refractivity contribution in [2.45, 2.75) is 49.1 Å². The van der Waals surface area contributed by atoms with E-state index in [-0.39, 0.29) is 41.1 Å². The van der Waals surface area contributed by atoms with E-state index in [4.69, 9.17) is 0 Å². The minimum absolute atomic E-state index is 0.0305. The third-order valence-electron chi connectivity index (χ3n) is 6.55. The van der Waals surface area contributed by atoms with Crippen molar-refractivity contribution in [3.05, 3.63) is 46.9 Å². The predicted molar refractivity (Wildman–Crippen MR) is 106 cm³/mol. The Bertz CT molecular complexity index is 702. The highest BCUT2D eigenvalue weighted by Gasteiger charge is 2.51. The van der Waals surface area contributed by atoms with Gasteiger partial charge in [-0.1, -0.05) is 30.3 Å². The Kier molecular flexibility index (Phi) is 4.88. The Hall–Kier alpha value is -1.30. The molecule has 1 aromatic rings. The molecule has 140 valence electrons. The van der Waals surface area contributed by atoms with Gasteiger partial charge in [0, 0.05) is 23.9 Å². The van der Waals surface area contributed by atoms with Crippen LogP contribution in [0.2, 0.25) is 0 Å². The van der Waals surface area contributed by atoms with Gasteiger partial charge in [-0.05, 0) is 56.3 Å². The van der Waals surface area contributed by atoms with E-state index in [1.54, 1.807) is 11.8 Å². The van der Waals surface area contributed by atoms with Crippen molar-refractivity contribution in [3.8, 4) is 0 Å². The number of amides is 1. The van der Waals surface area contributed by atoms with Gasteiger partial charge in [0.2, 0.25) is 5.91 Å². The van der Waals surface area contributed by atoms with Crippen molar-refractivity contribution in [2.24, 2.45) is 11.8 Å². The molecule has 6 unspecified atom stereocenters. The summed E-state index contributed by atoms with van der Waals surface area (Å²) in [6, 6.07) is 9.27. The molecule has 26 heavy (non-hydrogen) atoms. The number of aliphatic hydroxyl groups excluding tert-OH is 1. The first-order valence-corrected chi connectivity index (χ1v) is 10.5. The third-order valence-corrected chi connectivity index (χ3v) is 7.69. The number of carbonyl (C=O) groups is 1. The van der Waals surface area contributed by atoms with Crippen molar-refractivity contribution >= 4 is 17.7 Å². The van der Waals surface area contributed by atoms with Gasteiger partial charge in [-0.2, -0.15) is 0 Å². The van der Waals surface area contributed by atoms with Crippen LogP contribution < -0.4 is 5.32 Å². The summed E-state index contributed by atoms with van der Waals surface area (Å²) in [5.74, 6) is 0.731. The standard InChI is InChI=1S/C21H28N2O2S/c1-12(23(2)3)13-4-6-14(7-5-13)18-17(24)9-8-16-19(18)15-10-11-26-20(15)21(25)22-16/h4-7,10-12,15-20,24H,8-9H2,1-3H3,(H,22,25)/t12-,15?,16?,17?,18?,19?,20?/m0/s1. The summed E-state index contributed by atoms with van der Waals surface area (Å²) < 4.78 is 0. The van der Waals surface area contributed by atoms with E-state index in [1.165, 1.54) is 11.1 Å². The van der Waals surface area contributed by atoms with Gasteiger partial charge in [-0.15, -0.1) is 11.8 Å². The van der Waals surface area contributed by atoms with E-state index in [1.807, 2.05) is 0 Å². The number of thioether (sulfide) groups is 1. The van der Waals surface area contributed by atoms with Gasteiger partial charge in [-0.25, -0.2) is 0 Å². The first kappa shape index (κ1) is 18.1. The lowest BCUT2D eigenvalue weighted by molar-refractivity contribution is -0.126. The van der Waals surface area contributed by atoms with Gasteiger partial charge < -0.3 is 15.3 Å². The molecule has 0 spiro atoms. The Morgan fingerprint density at radius 1 is 1.23 bits per heavy atom. The van der Waals surface area contributed by atoms with Crippen LogP contribution in [-0.4, -0.2) is 47.4 Å². The molecule has 2 fully saturated rings. The maximum Gasteiger partial charge on any atom is 0.234 e. The van der Waals surface area contributed by atoms with Gasteiger partial charge in [-0.3, -0.25) is 4.79 Å². The smallest absolute Gasteiger partial charge is 0.234 e. The zero-order valence-corrected chi connectivity index (χ0v) is 16.4. The Balaban J connectivity index is 1.65. The Morgan fingerprint density at radius 3 is 2.65 bits per heavy atom. The summed E-state index contributed by atoms with van der Waals surface area (Å²) in [6.45, 7) is 2.20. The maximum absolute atomic E-state index is 12.4. The van der Waals surface area contributed by atoms with E-state index in [9.17, 15) is 9.90 Å². The lowest BCUT2D eigenvalue weighted by Crippen LogP contribution is -2.59. The molecular weight excluding hydrogens is 344 g/mol. The minimum atomic E-state index is -0.344.